The van der Waals surface area contributed by atoms with Gasteiger partial charge in [-0.1, -0.05) is 12.2 Å². The fourth-order valence-electron chi connectivity index (χ4n) is 2.76. The predicted octanol–water partition coefficient (Wildman–Crippen LogP) is 1.20. The molecule has 1 unspecified atom stereocenters. The zero-order valence-corrected chi connectivity index (χ0v) is 11.0. The molecular weight excluding hydrogens is 246 g/mol. The molecule has 0 bridgehead atoms. The van der Waals surface area contributed by atoms with Crippen molar-refractivity contribution in [3.63, 3.8) is 0 Å². The standard InChI is InChI=1S/C14H21NO4/c16-13(11-3-1-2-4-11)15-9-12(14(17)18)10-5-7-19-8-6-10/h1-2,10-12H,3-9H2,(H,15,16)(H,17,18). The zero-order valence-electron chi connectivity index (χ0n) is 11.0. The minimum atomic E-state index is -0.822. The van der Waals surface area contributed by atoms with E-state index in [1.807, 2.05) is 12.2 Å². The number of amides is 1. The molecule has 1 atom stereocenters. The molecule has 2 rings (SSSR count). The number of carbonyl (C=O) groups is 2. The second-order valence-electron chi connectivity index (χ2n) is 5.28. The fraction of sp³-hybridized carbons (Fsp3) is 0.714. The summed E-state index contributed by atoms with van der Waals surface area (Å²) >= 11 is 0. The first-order valence-electron chi connectivity index (χ1n) is 6.91. The maximum atomic E-state index is 11.9. The van der Waals surface area contributed by atoms with E-state index in [4.69, 9.17) is 4.74 Å². The quantitative estimate of drug-likeness (QED) is 0.734. The van der Waals surface area contributed by atoms with Crippen molar-refractivity contribution in [1.29, 1.82) is 0 Å². The summed E-state index contributed by atoms with van der Waals surface area (Å²) in [4.78, 5) is 23.2. The minimum absolute atomic E-state index is 0.0101. The van der Waals surface area contributed by atoms with E-state index >= 15 is 0 Å². The normalized spacial score (nSPS) is 22.3. The molecule has 0 saturated carbocycles. The maximum Gasteiger partial charge on any atom is 0.308 e. The lowest BCUT2D eigenvalue weighted by Gasteiger charge is -2.28. The molecule has 0 aromatic rings. The third-order valence-electron chi connectivity index (χ3n) is 4.03. The summed E-state index contributed by atoms with van der Waals surface area (Å²) in [7, 11) is 0. The van der Waals surface area contributed by atoms with Crippen molar-refractivity contribution in [2.24, 2.45) is 17.8 Å². The zero-order chi connectivity index (χ0) is 13.7. The van der Waals surface area contributed by atoms with Crippen LogP contribution in [-0.2, 0) is 14.3 Å². The number of carboxylic acids is 1. The number of carbonyl (C=O) groups excluding carboxylic acids is 1. The van der Waals surface area contributed by atoms with E-state index in [0.29, 0.717) is 13.2 Å². The smallest absolute Gasteiger partial charge is 0.308 e. The van der Waals surface area contributed by atoms with Crippen LogP contribution < -0.4 is 5.32 Å². The Labute approximate surface area is 113 Å². The first-order valence-corrected chi connectivity index (χ1v) is 6.91. The first kappa shape index (κ1) is 14.1. The van der Waals surface area contributed by atoms with Gasteiger partial charge in [0.1, 0.15) is 0 Å². The number of allylic oxidation sites excluding steroid dienone is 2. The lowest BCUT2D eigenvalue weighted by atomic mass is 9.86. The molecule has 2 aliphatic rings. The number of rotatable bonds is 5. The van der Waals surface area contributed by atoms with E-state index in [0.717, 1.165) is 25.7 Å². The molecule has 19 heavy (non-hydrogen) atoms. The highest BCUT2D eigenvalue weighted by Gasteiger charge is 2.30. The molecule has 106 valence electrons. The van der Waals surface area contributed by atoms with Gasteiger partial charge in [-0.05, 0) is 31.6 Å². The van der Waals surface area contributed by atoms with E-state index in [2.05, 4.69) is 5.32 Å². The van der Waals surface area contributed by atoms with Crippen molar-refractivity contribution in [2.75, 3.05) is 19.8 Å². The van der Waals surface area contributed by atoms with Crippen molar-refractivity contribution in [1.82, 2.24) is 5.32 Å². The van der Waals surface area contributed by atoms with Crippen LogP contribution in [0.15, 0.2) is 12.2 Å². The van der Waals surface area contributed by atoms with Crippen LogP contribution in [0.25, 0.3) is 0 Å². The second-order valence-corrected chi connectivity index (χ2v) is 5.28. The number of hydrogen-bond donors (Lipinski definition) is 2. The van der Waals surface area contributed by atoms with E-state index in [9.17, 15) is 14.7 Å². The Kier molecular flexibility index (Phi) is 4.96. The van der Waals surface area contributed by atoms with Crippen molar-refractivity contribution in [3.05, 3.63) is 12.2 Å². The first-order chi connectivity index (χ1) is 9.18. The Morgan fingerprint density at radius 2 is 1.89 bits per heavy atom. The minimum Gasteiger partial charge on any atom is -0.481 e. The van der Waals surface area contributed by atoms with Crippen molar-refractivity contribution >= 4 is 11.9 Å². The Morgan fingerprint density at radius 1 is 1.26 bits per heavy atom. The van der Waals surface area contributed by atoms with Crippen molar-refractivity contribution < 1.29 is 19.4 Å². The average Bonchev–Trinajstić information content (AvgIpc) is 2.93. The van der Waals surface area contributed by atoms with Gasteiger partial charge in [-0.3, -0.25) is 9.59 Å². The number of carboxylic acid groups (broad SMARTS) is 1. The van der Waals surface area contributed by atoms with Crippen LogP contribution in [0, 0.1) is 17.8 Å². The van der Waals surface area contributed by atoms with E-state index in [1.54, 1.807) is 0 Å². The van der Waals surface area contributed by atoms with Gasteiger partial charge in [0, 0.05) is 25.7 Å². The molecule has 1 amide bonds. The highest BCUT2D eigenvalue weighted by Crippen LogP contribution is 2.24. The van der Waals surface area contributed by atoms with Gasteiger partial charge >= 0.3 is 5.97 Å². The lowest BCUT2D eigenvalue weighted by molar-refractivity contribution is -0.145. The maximum absolute atomic E-state index is 11.9. The van der Waals surface area contributed by atoms with Crippen LogP contribution in [-0.4, -0.2) is 36.7 Å². The van der Waals surface area contributed by atoms with Crippen LogP contribution in [0.4, 0.5) is 0 Å². The molecule has 0 aromatic heterocycles. The summed E-state index contributed by atoms with van der Waals surface area (Å²) in [6, 6.07) is 0. The molecule has 2 N–H and O–H groups in total. The molecule has 1 fully saturated rings. The van der Waals surface area contributed by atoms with E-state index in [-0.39, 0.29) is 24.3 Å². The van der Waals surface area contributed by atoms with E-state index in [1.165, 1.54) is 0 Å². The molecule has 1 saturated heterocycles. The number of ether oxygens (including phenoxy) is 1. The van der Waals surface area contributed by atoms with Crippen LogP contribution in [0.3, 0.4) is 0 Å². The third-order valence-corrected chi connectivity index (χ3v) is 4.03. The largest absolute Gasteiger partial charge is 0.481 e. The van der Waals surface area contributed by atoms with Crippen LogP contribution in [0.5, 0.6) is 0 Å². The monoisotopic (exact) mass is 267 g/mol. The van der Waals surface area contributed by atoms with Gasteiger partial charge in [0.15, 0.2) is 0 Å². The molecule has 1 aliphatic carbocycles. The number of aliphatic carboxylic acids is 1. The predicted molar refractivity (Wildman–Crippen MR) is 69.5 cm³/mol. The van der Waals surface area contributed by atoms with Gasteiger partial charge in [-0.2, -0.15) is 0 Å². The Bertz CT molecular complexity index is 352. The van der Waals surface area contributed by atoms with Gasteiger partial charge in [0.25, 0.3) is 0 Å². The molecule has 5 heteroatoms. The number of nitrogens with one attached hydrogen (secondary N) is 1. The Balaban J connectivity index is 1.82. The number of hydrogen-bond acceptors (Lipinski definition) is 3. The molecular formula is C14H21NO4. The van der Waals surface area contributed by atoms with Gasteiger partial charge in [-0.25, -0.2) is 0 Å². The van der Waals surface area contributed by atoms with Gasteiger partial charge in [-0.15, -0.1) is 0 Å². The van der Waals surface area contributed by atoms with Gasteiger partial charge < -0.3 is 15.2 Å². The fourth-order valence-corrected chi connectivity index (χ4v) is 2.76. The Hall–Kier alpha value is -1.36. The highest BCUT2D eigenvalue weighted by molar-refractivity contribution is 5.80. The lowest BCUT2D eigenvalue weighted by Crippen LogP contribution is -2.40. The molecule has 1 aliphatic heterocycles. The molecule has 1 heterocycles. The Morgan fingerprint density at radius 3 is 2.47 bits per heavy atom. The SMILES string of the molecule is O=C(NCC(C(=O)O)C1CCOCC1)C1CC=CC1. The molecule has 0 spiro atoms. The summed E-state index contributed by atoms with van der Waals surface area (Å²) in [6.07, 6.45) is 7.05. The summed E-state index contributed by atoms with van der Waals surface area (Å²) in [5.74, 6) is -1.25. The highest BCUT2D eigenvalue weighted by atomic mass is 16.5. The summed E-state index contributed by atoms with van der Waals surface area (Å²) in [5.41, 5.74) is 0. The summed E-state index contributed by atoms with van der Waals surface area (Å²) in [6.45, 7) is 1.47. The molecule has 5 nitrogen and oxygen atoms in total. The van der Waals surface area contributed by atoms with E-state index < -0.39 is 11.9 Å². The molecule has 0 radical (unpaired) electrons. The van der Waals surface area contributed by atoms with Gasteiger partial charge in [0.05, 0.1) is 5.92 Å². The summed E-state index contributed by atoms with van der Waals surface area (Å²) in [5, 5.41) is 12.1. The third kappa shape index (κ3) is 3.80. The van der Waals surface area contributed by atoms with Crippen molar-refractivity contribution in [3.8, 4) is 0 Å². The van der Waals surface area contributed by atoms with Gasteiger partial charge in [0.2, 0.25) is 5.91 Å². The second kappa shape index (κ2) is 6.70. The van der Waals surface area contributed by atoms with Crippen LogP contribution in [0.2, 0.25) is 0 Å². The molecule has 0 aromatic carbocycles. The van der Waals surface area contributed by atoms with Crippen LogP contribution in [0.1, 0.15) is 25.7 Å². The van der Waals surface area contributed by atoms with Crippen molar-refractivity contribution in [2.45, 2.75) is 25.7 Å². The van der Waals surface area contributed by atoms with Crippen LogP contribution >= 0.6 is 0 Å². The average molecular weight is 267 g/mol. The summed E-state index contributed by atoms with van der Waals surface area (Å²) < 4.78 is 5.25. The topological polar surface area (TPSA) is 75.6 Å².